The minimum Gasteiger partial charge on any atom is -0.467 e. The highest BCUT2D eigenvalue weighted by atomic mass is 16.6. The molecule has 8 nitrogen and oxygen atoms in total. The number of carbonyl (C=O) groups excluding carboxylic acids is 3. The van der Waals surface area contributed by atoms with Crippen LogP contribution in [-0.4, -0.2) is 54.2 Å². The first-order valence-corrected chi connectivity index (χ1v) is 8.50. The zero-order chi connectivity index (χ0) is 20.2. The third-order valence-corrected chi connectivity index (χ3v) is 4.00. The average molecular weight is 373 g/mol. The number of esters is 1. The molecule has 1 unspecified atom stereocenters. The standard InChI is InChI=1S/C19H23N3O5/c1-19(2,3)27-18(25)22-11-14(10-15(22)17(24)26-5)21-16(23)12-6-8-13(20-4)9-7-12/h6-9,14-15H,10-11H2,1-3,5H3,(H,21,23)/t14?,15-/m0/s1. The summed E-state index contributed by atoms with van der Waals surface area (Å²) in [5, 5.41) is 2.82. The van der Waals surface area contributed by atoms with E-state index in [1.807, 2.05) is 0 Å². The summed E-state index contributed by atoms with van der Waals surface area (Å²) in [6.45, 7) is 12.3. The molecule has 0 bridgehead atoms. The van der Waals surface area contributed by atoms with Crippen LogP contribution in [0.25, 0.3) is 4.85 Å². The lowest BCUT2D eigenvalue weighted by molar-refractivity contribution is -0.145. The van der Waals surface area contributed by atoms with Crippen LogP contribution in [0, 0.1) is 6.57 Å². The van der Waals surface area contributed by atoms with Crippen LogP contribution < -0.4 is 5.32 Å². The second-order valence-corrected chi connectivity index (χ2v) is 7.24. The molecule has 1 N–H and O–H groups in total. The Morgan fingerprint density at radius 2 is 1.85 bits per heavy atom. The highest BCUT2D eigenvalue weighted by Crippen LogP contribution is 2.23. The van der Waals surface area contributed by atoms with Gasteiger partial charge < -0.3 is 14.8 Å². The number of hydrogen-bond acceptors (Lipinski definition) is 5. The molecule has 27 heavy (non-hydrogen) atoms. The first-order chi connectivity index (χ1) is 12.6. The van der Waals surface area contributed by atoms with Gasteiger partial charge in [0.25, 0.3) is 5.91 Å². The lowest BCUT2D eigenvalue weighted by atomic mass is 10.1. The van der Waals surface area contributed by atoms with Crippen molar-refractivity contribution in [2.24, 2.45) is 0 Å². The van der Waals surface area contributed by atoms with E-state index in [4.69, 9.17) is 16.0 Å². The second kappa shape index (κ2) is 8.08. The van der Waals surface area contributed by atoms with E-state index in [0.29, 0.717) is 11.3 Å². The Kier molecular flexibility index (Phi) is 6.05. The van der Waals surface area contributed by atoms with Crippen molar-refractivity contribution in [3.05, 3.63) is 41.2 Å². The van der Waals surface area contributed by atoms with Crippen LogP contribution >= 0.6 is 0 Å². The van der Waals surface area contributed by atoms with Gasteiger partial charge in [-0.05, 0) is 20.8 Å². The van der Waals surface area contributed by atoms with Crippen LogP contribution in [-0.2, 0) is 14.3 Å². The van der Waals surface area contributed by atoms with Gasteiger partial charge in [-0.2, -0.15) is 0 Å². The fourth-order valence-corrected chi connectivity index (χ4v) is 2.78. The van der Waals surface area contributed by atoms with E-state index in [-0.39, 0.29) is 18.9 Å². The summed E-state index contributed by atoms with van der Waals surface area (Å²) in [6, 6.07) is 4.98. The van der Waals surface area contributed by atoms with Crippen LogP contribution in [0.5, 0.6) is 0 Å². The third kappa shape index (κ3) is 5.20. The Hall–Kier alpha value is -3.08. The molecular formula is C19H23N3O5. The van der Waals surface area contributed by atoms with Crippen molar-refractivity contribution in [1.82, 2.24) is 10.2 Å². The van der Waals surface area contributed by atoms with Gasteiger partial charge >= 0.3 is 12.1 Å². The Labute approximate surface area is 158 Å². The number of amides is 2. The number of nitrogens with zero attached hydrogens (tertiary/aromatic N) is 2. The quantitative estimate of drug-likeness (QED) is 0.650. The molecule has 1 aromatic carbocycles. The molecule has 1 aromatic rings. The average Bonchev–Trinajstić information content (AvgIpc) is 3.03. The third-order valence-electron chi connectivity index (χ3n) is 4.00. The Morgan fingerprint density at radius 3 is 2.37 bits per heavy atom. The molecule has 1 fully saturated rings. The first-order valence-electron chi connectivity index (χ1n) is 8.50. The topological polar surface area (TPSA) is 89.3 Å². The van der Waals surface area contributed by atoms with Crippen molar-refractivity contribution in [3.8, 4) is 0 Å². The molecule has 2 rings (SSSR count). The van der Waals surface area contributed by atoms with E-state index in [0.717, 1.165) is 0 Å². The van der Waals surface area contributed by atoms with E-state index in [2.05, 4.69) is 10.2 Å². The summed E-state index contributed by atoms with van der Waals surface area (Å²) < 4.78 is 10.1. The largest absolute Gasteiger partial charge is 0.467 e. The molecule has 1 aliphatic heterocycles. The van der Waals surface area contributed by atoms with Crippen molar-refractivity contribution < 1.29 is 23.9 Å². The van der Waals surface area contributed by atoms with E-state index >= 15 is 0 Å². The van der Waals surface area contributed by atoms with E-state index in [1.165, 1.54) is 12.0 Å². The maximum Gasteiger partial charge on any atom is 0.411 e. The van der Waals surface area contributed by atoms with Crippen molar-refractivity contribution in [1.29, 1.82) is 0 Å². The lowest BCUT2D eigenvalue weighted by Gasteiger charge is -2.27. The summed E-state index contributed by atoms with van der Waals surface area (Å²) in [5.41, 5.74) is 0.131. The molecule has 1 saturated heterocycles. The van der Waals surface area contributed by atoms with Gasteiger partial charge in [-0.25, -0.2) is 14.4 Å². The van der Waals surface area contributed by atoms with Crippen LogP contribution in [0.4, 0.5) is 10.5 Å². The Bertz CT molecular complexity index is 761. The molecule has 2 atom stereocenters. The number of methoxy groups -OCH3 is 1. The monoisotopic (exact) mass is 373 g/mol. The van der Waals surface area contributed by atoms with Crippen molar-refractivity contribution in [3.63, 3.8) is 0 Å². The molecule has 0 radical (unpaired) electrons. The molecule has 2 amide bonds. The smallest absolute Gasteiger partial charge is 0.411 e. The van der Waals surface area contributed by atoms with Crippen LogP contribution in [0.15, 0.2) is 24.3 Å². The summed E-state index contributed by atoms with van der Waals surface area (Å²) in [5.74, 6) is -0.898. The number of hydrogen-bond donors (Lipinski definition) is 1. The van der Waals surface area contributed by atoms with Gasteiger partial charge in [0.2, 0.25) is 0 Å². The maximum absolute atomic E-state index is 12.4. The first kappa shape index (κ1) is 20.2. The highest BCUT2D eigenvalue weighted by molar-refractivity contribution is 5.95. The van der Waals surface area contributed by atoms with Gasteiger partial charge in [0, 0.05) is 24.6 Å². The molecule has 0 saturated carbocycles. The predicted octanol–water partition coefficient (Wildman–Crippen LogP) is 2.52. The van der Waals surface area contributed by atoms with Gasteiger partial charge in [0.05, 0.1) is 13.7 Å². The summed E-state index contributed by atoms with van der Waals surface area (Å²) in [7, 11) is 1.25. The molecule has 1 aliphatic rings. The number of benzene rings is 1. The molecular weight excluding hydrogens is 350 g/mol. The molecule has 0 spiro atoms. The minimum atomic E-state index is -0.820. The van der Waals surface area contributed by atoms with Crippen molar-refractivity contribution >= 4 is 23.7 Å². The van der Waals surface area contributed by atoms with Crippen LogP contribution in [0.1, 0.15) is 37.6 Å². The Morgan fingerprint density at radius 1 is 1.22 bits per heavy atom. The van der Waals surface area contributed by atoms with Gasteiger partial charge in [-0.1, -0.05) is 24.3 Å². The summed E-state index contributed by atoms with van der Waals surface area (Å²) in [4.78, 5) is 41.4. The summed E-state index contributed by atoms with van der Waals surface area (Å²) >= 11 is 0. The lowest BCUT2D eigenvalue weighted by Crippen LogP contribution is -2.44. The molecule has 1 heterocycles. The van der Waals surface area contributed by atoms with Gasteiger partial charge in [0.1, 0.15) is 11.6 Å². The number of carbonyl (C=O) groups is 3. The van der Waals surface area contributed by atoms with Crippen LogP contribution in [0.2, 0.25) is 0 Å². The fraction of sp³-hybridized carbons (Fsp3) is 0.474. The van der Waals surface area contributed by atoms with Gasteiger partial charge in [-0.15, -0.1) is 0 Å². The van der Waals surface area contributed by atoms with Crippen LogP contribution in [0.3, 0.4) is 0 Å². The maximum atomic E-state index is 12.4. The zero-order valence-corrected chi connectivity index (χ0v) is 15.8. The zero-order valence-electron chi connectivity index (χ0n) is 15.8. The second-order valence-electron chi connectivity index (χ2n) is 7.24. The number of ether oxygens (including phenoxy) is 2. The number of rotatable bonds is 3. The number of likely N-dealkylation sites (tertiary alicyclic amines) is 1. The fourth-order valence-electron chi connectivity index (χ4n) is 2.78. The minimum absolute atomic E-state index is 0.139. The molecule has 8 heteroatoms. The molecule has 0 aromatic heterocycles. The van der Waals surface area contributed by atoms with Gasteiger partial charge in [0.15, 0.2) is 5.69 Å². The Balaban J connectivity index is 2.09. The van der Waals surface area contributed by atoms with E-state index in [9.17, 15) is 14.4 Å². The normalized spacial score (nSPS) is 19.1. The van der Waals surface area contributed by atoms with E-state index in [1.54, 1.807) is 45.0 Å². The number of nitrogens with one attached hydrogen (secondary N) is 1. The highest BCUT2D eigenvalue weighted by Gasteiger charge is 2.42. The van der Waals surface area contributed by atoms with Crippen molar-refractivity contribution in [2.45, 2.75) is 44.9 Å². The van der Waals surface area contributed by atoms with E-state index < -0.39 is 29.7 Å². The molecule has 0 aliphatic carbocycles. The predicted molar refractivity (Wildman–Crippen MR) is 97.3 cm³/mol. The SMILES string of the molecule is [C-]#[N+]c1ccc(C(=O)NC2C[C@@H](C(=O)OC)N(C(=O)OC(C)(C)C)C2)cc1. The van der Waals surface area contributed by atoms with Gasteiger partial charge in [-0.3, -0.25) is 9.69 Å². The van der Waals surface area contributed by atoms with Crippen molar-refractivity contribution in [2.75, 3.05) is 13.7 Å². The molecule has 144 valence electrons. The summed E-state index contributed by atoms with van der Waals surface area (Å²) in [6.07, 6.45) is -0.395.